The summed E-state index contributed by atoms with van der Waals surface area (Å²) in [4.78, 5) is 3.44. The molecule has 0 aromatic heterocycles. The molecule has 0 amide bonds. The Bertz CT molecular complexity index is 421. The van der Waals surface area contributed by atoms with Crippen molar-refractivity contribution in [1.29, 1.82) is 0 Å². The minimum absolute atomic E-state index is 0.0645. The van der Waals surface area contributed by atoms with Gasteiger partial charge >= 0.3 is 0 Å². The number of halogens is 4. The third kappa shape index (κ3) is 4.54. The van der Waals surface area contributed by atoms with E-state index in [9.17, 15) is 17.6 Å². The van der Waals surface area contributed by atoms with Crippen LogP contribution >= 0.6 is 0 Å². The maximum Gasteiger partial charge on any atom is 0.283 e. The molecule has 1 unspecified atom stereocenters. The van der Waals surface area contributed by atoms with Gasteiger partial charge in [0.2, 0.25) is 5.92 Å². The first-order valence-electron chi connectivity index (χ1n) is 8.60. The van der Waals surface area contributed by atoms with Crippen LogP contribution in [0.3, 0.4) is 0 Å². The van der Waals surface area contributed by atoms with E-state index in [2.05, 4.69) is 0 Å². The standard InChI is InChI=1S/C17H28F4N2/c1-4-5-10-23-13(2)11-22(15(23)16(3,18)19)12-14-6-8-17(20,21)9-7-14/h11,14-15H,4-10,12H2,1-3H3. The summed E-state index contributed by atoms with van der Waals surface area (Å²) in [5.41, 5.74) is 0.839. The highest BCUT2D eigenvalue weighted by Gasteiger charge is 2.46. The highest BCUT2D eigenvalue weighted by Crippen LogP contribution is 2.39. The Morgan fingerprint density at radius 1 is 1.26 bits per heavy atom. The number of rotatable bonds is 6. The first kappa shape index (κ1) is 18.4. The lowest BCUT2D eigenvalue weighted by molar-refractivity contribution is -0.105. The average Bonchev–Trinajstić information content (AvgIpc) is 2.74. The molecule has 0 N–H and O–H groups in total. The molecule has 1 fully saturated rings. The van der Waals surface area contributed by atoms with Gasteiger partial charge in [0, 0.05) is 44.8 Å². The zero-order valence-electron chi connectivity index (χ0n) is 14.3. The molecule has 0 bridgehead atoms. The van der Waals surface area contributed by atoms with Crippen LogP contribution in [0.25, 0.3) is 0 Å². The van der Waals surface area contributed by atoms with E-state index in [0.717, 1.165) is 25.5 Å². The SMILES string of the molecule is CCCCN1C(C)=CN(CC2CCC(F)(F)CC2)C1C(C)(F)F. The molecular weight excluding hydrogens is 308 g/mol. The quantitative estimate of drug-likeness (QED) is 0.625. The highest BCUT2D eigenvalue weighted by atomic mass is 19.3. The molecule has 6 heteroatoms. The van der Waals surface area contributed by atoms with Crippen LogP contribution in [0.4, 0.5) is 17.6 Å². The maximum atomic E-state index is 14.2. The van der Waals surface area contributed by atoms with Gasteiger partial charge < -0.3 is 9.80 Å². The molecule has 1 aliphatic heterocycles. The molecule has 0 spiro atoms. The van der Waals surface area contributed by atoms with Gasteiger partial charge in [-0.1, -0.05) is 13.3 Å². The fourth-order valence-electron chi connectivity index (χ4n) is 3.68. The molecule has 0 aromatic rings. The summed E-state index contributed by atoms with van der Waals surface area (Å²) in [7, 11) is 0. The summed E-state index contributed by atoms with van der Waals surface area (Å²) in [6.07, 6.45) is 3.18. The summed E-state index contributed by atoms with van der Waals surface area (Å²) in [5, 5.41) is 0. The van der Waals surface area contributed by atoms with E-state index >= 15 is 0 Å². The van der Waals surface area contributed by atoms with Crippen LogP contribution in [0.2, 0.25) is 0 Å². The van der Waals surface area contributed by atoms with Gasteiger partial charge in [0.25, 0.3) is 5.92 Å². The molecule has 1 heterocycles. The fraction of sp³-hybridized carbons (Fsp3) is 0.882. The van der Waals surface area contributed by atoms with E-state index in [4.69, 9.17) is 0 Å². The van der Waals surface area contributed by atoms with E-state index in [-0.39, 0.29) is 18.8 Å². The van der Waals surface area contributed by atoms with Crippen LogP contribution in [0.5, 0.6) is 0 Å². The predicted molar refractivity (Wildman–Crippen MR) is 83.4 cm³/mol. The molecule has 1 atom stereocenters. The minimum Gasteiger partial charge on any atom is -0.351 e. The van der Waals surface area contributed by atoms with Crippen LogP contribution < -0.4 is 0 Å². The molecule has 0 aromatic carbocycles. The van der Waals surface area contributed by atoms with Crippen molar-refractivity contribution in [3.63, 3.8) is 0 Å². The first-order valence-corrected chi connectivity index (χ1v) is 8.60. The number of nitrogens with zero attached hydrogens (tertiary/aromatic N) is 2. The smallest absolute Gasteiger partial charge is 0.283 e. The number of allylic oxidation sites excluding steroid dienone is 1. The Kier molecular flexibility index (Phi) is 5.52. The zero-order chi connectivity index (χ0) is 17.3. The van der Waals surface area contributed by atoms with Crippen LogP contribution in [-0.2, 0) is 0 Å². The molecule has 2 rings (SSSR count). The van der Waals surface area contributed by atoms with E-state index in [1.54, 1.807) is 16.0 Å². The molecule has 2 aliphatic rings. The molecule has 0 saturated heterocycles. The Morgan fingerprint density at radius 2 is 1.87 bits per heavy atom. The van der Waals surface area contributed by atoms with Gasteiger partial charge in [0.1, 0.15) is 0 Å². The van der Waals surface area contributed by atoms with Gasteiger partial charge in [-0.3, -0.25) is 0 Å². The summed E-state index contributed by atoms with van der Waals surface area (Å²) >= 11 is 0. The second-order valence-electron chi connectivity index (χ2n) is 7.14. The molecule has 134 valence electrons. The van der Waals surface area contributed by atoms with Crippen molar-refractivity contribution in [2.75, 3.05) is 13.1 Å². The lowest BCUT2D eigenvalue weighted by atomic mass is 9.86. The molecule has 23 heavy (non-hydrogen) atoms. The monoisotopic (exact) mass is 336 g/mol. The van der Waals surface area contributed by atoms with Crippen LogP contribution in [-0.4, -0.2) is 40.9 Å². The van der Waals surface area contributed by atoms with Gasteiger partial charge in [-0.15, -0.1) is 0 Å². The van der Waals surface area contributed by atoms with Gasteiger partial charge in [-0.05, 0) is 32.1 Å². The second kappa shape index (κ2) is 6.89. The van der Waals surface area contributed by atoms with Gasteiger partial charge in [0.15, 0.2) is 6.17 Å². The highest BCUT2D eigenvalue weighted by molar-refractivity contribution is 5.10. The summed E-state index contributed by atoms with van der Waals surface area (Å²) in [5.74, 6) is -5.37. The lowest BCUT2D eigenvalue weighted by Gasteiger charge is -2.39. The first-order chi connectivity index (χ1) is 10.6. The molecule has 1 aliphatic carbocycles. The van der Waals surface area contributed by atoms with Crippen molar-refractivity contribution < 1.29 is 17.6 Å². The van der Waals surface area contributed by atoms with Crippen molar-refractivity contribution in [2.24, 2.45) is 5.92 Å². The molecule has 0 radical (unpaired) electrons. The topological polar surface area (TPSA) is 6.48 Å². The third-order valence-electron chi connectivity index (χ3n) is 4.93. The largest absolute Gasteiger partial charge is 0.351 e. The average molecular weight is 336 g/mol. The van der Waals surface area contributed by atoms with Crippen molar-refractivity contribution in [3.8, 4) is 0 Å². The van der Waals surface area contributed by atoms with E-state index in [1.165, 1.54) is 0 Å². The minimum atomic E-state index is -2.86. The van der Waals surface area contributed by atoms with Crippen molar-refractivity contribution in [3.05, 3.63) is 11.9 Å². The summed E-state index contributed by atoms with van der Waals surface area (Å²) in [6, 6.07) is 0. The Morgan fingerprint density at radius 3 is 2.39 bits per heavy atom. The summed E-state index contributed by atoms with van der Waals surface area (Å²) < 4.78 is 54.9. The molecule has 1 saturated carbocycles. The Balaban J connectivity index is 2.04. The van der Waals surface area contributed by atoms with E-state index in [0.29, 0.717) is 25.9 Å². The number of unbranched alkanes of at least 4 members (excludes halogenated alkanes) is 1. The van der Waals surface area contributed by atoms with Crippen molar-refractivity contribution >= 4 is 0 Å². The summed E-state index contributed by atoms with van der Waals surface area (Å²) in [6.45, 7) is 5.87. The number of hydrogen-bond donors (Lipinski definition) is 0. The van der Waals surface area contributed by atoms with Crippen LogP contribution in [0, 0.1) is 5.92 Å². The predicted octanol–water partition coefficient (Wildman–Crippen LogP) is 5.07. The van der Waals surface area contributed by atoms with E-state index < -0.39 is 18.0 Å². The molecular formula is C17H28F4N2. The zero-order valence-corrected chi connectivity index (χ0v) is 14.3. The Hall–Kier alpha value is -0.940. The number of hydrogen-bond acceptors (Lipinski definition) is 2. The third-order valence-corrected chi connectivity index (χ3v) is 4.93. The van der Waals surface area contributed by atoms with Gasteiger partial charge in [-0.2, -0.15) is 0 Å². The van der Waals surface area contributed by atoms with Crippen LogP contribution in [0.15, 0.2) is 11.9 Å². The lowest BCUT2D eigenvalue weighted by Crippen LogP contribution is -2.52. The number of alkyl halides is 4. The normalized spacial score (nSPS) is 25.9. The van der Waals surface area contributed by atoms with Gasteiger partial charge in [-0.25, -0.2) is 17.6 Å². The maximum absolute atomic E-state index is 14.2. The second-order valence-corrected chi connectivity index (χ2v) is 7.14. The van der Waals surface area contributed by atoms with Crippen molar-refractivity contribution in [2.45, 2.75) is 77.3 Å². The molecule has 2 nitrogen and oxygen atoms in total. The van der Waals surface area contributed by atoms with Crippen LogP contribution in [0.1, 0.15) is 59.3 Å². The Labute approximate surface area is 136 Å². The fourth-order valence-corrected chi connectivity index (χ4v) is 3.68. The van der Waals surface area contributed by atoms with Crippen molar-refractivity contribution in [1.82, 2.24) is 9.80 Å². The van der Waals surface area contributed by atoms with Gasteiger partial charge in [0.05, 0.1) is 0 Å². The van der Waals surface area contributed by atoms with E-state index in [1.807, 2.05) is 13.8 Å².